The van der Waals surface area contributed by atoms with Gasteiger partial charge in [-0.3, -0.25) is 0 Å². The number of ether oxygens (including phenoxy) is 1. The molecule has 3 heterocycles. The van der Waals surface area contributed by atoms with E-state index < -0.39 is 8.07 Å². The van der Waals surface area contributed by atoms with Crippen molar-refractivity contribution >= 4 is 36.3 Å². The normalized spacial score (nSPS) is 35.5. The average Bonchev–Trinajstić information content (AvgIpc) is 3.82. The van der Waals surface area contributed by atoms with Crippen LogP contribution in [0.15, 0.2) is 154 Å². The number of rotatable bonds is 4. The van der Waals surface area contributed by atoms with Crippen LogP contribution in [-0.4, -0.2) is 25.5 Å². The van der Waals surface area contributed by atoms with Gasteiger partial charge >= 0.3 is 0 Å². The maximum atomic E-state index is 6.55. The summed E-state index contributed by atoms with van der Waals surface area (Å²) >= 11 is 2.16. The second kappa shape index (κ2) is 12.2. The van der Waals surface area contributed by atoms with Gasteiger partial charge in [0.05, 0.1) is 12.2 Å². The first kappa shape index (κ1) is 31.9. The average molecular weight is 716 g/mol. The molecule has 4 heteroatoms. The fraction of sp³-hybridized carbons (Fsp3) is 0.375. The highest BCUT2D eigenvalue weighted by Crippen LogP contribution is 2.58. The van der Waals surface area contributed by atoms with Gasteiger partial charge in [0.25, 0.3) is 0 Å². The van der Waals surface area contributed by atoms with E-state index in [4.69, 9.17) is 4.74 Å². The van der Waals surface area contributed by atoms with Crippen molar-refractivity contribution in [2.45, 2.75) is 81.9 Å². The van der Waals surface area contributed by atoms with E-state index in [0.29, 0.717) is 34.8 Å². The van der Waals surface area contributed by atoms with Gasteiger partial charge in [0.2, 0.25) is 0 Å². The van der Waals surface area contributed by atoms with E-state index in [0.717, 1.165) is 12.8 Å². The smallest absolute Gasteiger partial charge is 0.113 e. The van der Waals surface area contributed by atoms with Crippen molar-refractivity contribution in [1.82, 2.24) is 0 Å². The van der Waals surface area contributed by atoms with Crippen molar-refractivity contribution in [3.8, 4) is 0 Å². The molecule has 3 aliphatic heterocycles. The predicted octanol–water partition coefficient (Wildman–Crippen LogP) is 11.1. The highest BCUT2D eigenvalue weighted by Gasteiger charge is 2.49. The quantitative estimate of drug-likeness (QED) is 0.227. The molecule has 7 aliphatic carbocycles. The Kier molecular flexibility index (Phi) is 7.50. The third-order valence-corrected chi connectivity index (χ3v) is 19.1. The van der Waals surface area contributed by atoms with Gasteiger partial charge < -0.3 is 9.64 Å². The molecule has 0 aromatic heterocycles. The minimum absolute atomic E-state index is 0.136. The molecule has 0 saturated carbocycles. The SMILES string of the molecule is C[Si]1(C)C2=CCC3C(=C2c2ccc(N(C4=CC5C(C=C4)OC4C=CC=CC45)C4=CC=C(C5=C6CCC=CC6CCC5)CC4)cc21)SC1C=CC=CC13. The zero-order valence-electron chi connectivity index (χ0n) is 30.5. The lowest BCUT2D eigenvalue weighted by Gasteiger charge is -2.35. The molecule has 1 aromatic carbocycles. The van der Waals surface area contributed by atoms with Gasteiger partial charge in [-0.1, -0.05) is 110 Å². The summed E-state index contributed by atoms with van der Waals surface area (Å²) in [5.41, 5.74) is 12.2. The van der Waals surface area contributed by atoms with Crippen LogP contribution < -0.4 is 10.1 Å². The van der Waals surface area contributed by atoms with E-state index in [-0.39, 0.29) is 12.2 Å². The standard InChI is InChI=1S/C48H49NOSSi/c1-52(2)45-27-25-39-38-14-6-8-17-44(38)51-48(39)47(45)40-24-22-34(29-46(40)52)49(33-23-26-43-41(28-33)37-13-5-7-16-42(37)50-43)32-20-18-31(19-21-32)36-15-9-11-30-10-3-4-12-35(30)36/h3,5-8,10,13-14,16-18,20,22-24,26-30,37-39,41-44H,4,9,11-12,15,19,21,25H2,1-2H3. The number of anilines is 1. The van der Waals surface area contributed by atoms with E-state index in [2.05, 4.69) is 145 Å². The summed E-state index contributed by atoms with van der Waals surface area (Å²) < 4.78 is 6.55. The monoisotopic (exact) mass is 715 g/mol. The lowest BCUT2D eigenvalue weighted by atomic mass is 9.74. The summed E-state index contributed by atoms with van der Waals surface area (Å²) in [6.07, 6.45) is 48.3. The van der Waals surface area contributed by atoms with Crippen molar-refractivity contribution in [2.75, 3.05) is 4.90 Å². The third-order valence-electron chi connectivity index (χ3n) is 14.0. The highest BCUT2D eigenvalue weighted by molar-refractivity contribution is 8.04. The number of allylic oxidation sites excluding steroid dienone is 18. The van der Waals surface area contributed by atoms with Gasteiger partial charge in [-0.2, -0.15) is 0 Å². The molecule has 1 aromatic rings. The number of nitrogens with zero attached hydrogens (tertiary/aromatic N) is 1. The highest BCUT2D eigenvalue weighted by atomic mass is 32.2. The molecule has 52 heavy (non-hydrogen) atoms. The maximum absolute atomic E-state index is 6.55. The molecule has 2 fully saturated rings. The molecule has 10 aliphatic rings. The molecule has 0 spiro atoms. The van der Waals surface area contributed by atoms with Crippen molar-refractivity contribution < 1.29 is 4.74 Å². The van der Waals surface area contributed by atoms with Crippen LogP contribution in [0.4, 0.5) is 5.69 Å². The Balaban J connectivity index is 1.01. The number of hydrogen-bond donors (Lipinski definition) is 0. The summed E-state index contributed by atoms with van der Waals surface area (Å²) in [7, 11) is -1.89. The van der Waals surface area contributed by atoms with Crippen LogP contribution in [0.2, 0.25) is 13.1 Å². The summed E-state index contributed by atoms with van der Waals surface area (Å²) in [4.78, 5) is 4.31. The number of fused-ring (bicyclic) bond motifs is 10. The second-order valence-corrected chi connectivity index (χ2v) is 22.6. The fourth-order valence-corrected chi connectivity index (χ4v) is 16.4. The van der Waals surface area contributed by atoms with Crippen LogP contribution in [0.25, 0.3) is 5.57 Å². The van der Waals surface area contributed by atoms with Crippen LogP contribution in [0.3, 0.4) is 0 Å². The molecule has 2 nitrogen and oxygen atoms in total. The molecule has 262 valence electrons. The molecule has 2 saturated heterocycles. The van der Waals surface area contributed by atoms with Crippen molar-refractivity contribution in [3.63, 3.8) is 0 Å². The van der Waals surface area contributed by atoms with Crippen LogP contribution in [0, 0.1) is 29.6 Å². The lowest BCUT2D eigenvalue weighted by molar-refractivity contribution is 0.0882. The van der Waals surface area contributed by atoms with Gasteiger partial charge in [-0.15, -0.1) is 11.8 Å². The summed E-state index contributed by atoms with van der Waals surface area (Å²) in [6.45, 7) is 5.22. The van der Waals surface area contributed by atoms with E-state index >= 15 is 0 Å². The van der Waals surface area contributed by atoms with Gasteiger partial charge in [-0.25, -0.2) is 0 Å². The molecule has 8 atom stereocenters. The fourth-order valence-electron chi connectivity index (χ4n) is 11.4. The third kappa shape index (κ3) is 4.86. The Bertz CT molecular complexity index is 2140. The van der Waals surface area contributed by atoms with E-state index in [1.54, 1.807) is 37.6 Å². The van der Waals surface area contributed by atoms with Crippen LogP contribution in [0.5, 0.6) is 0 Å². The summed E-state index contributed by atoms with van der Waals surface area (Å²) in [5.74, 6) is 2.67. The van der Waals surface area contributed by atoms with E-state index in [9.17, 15) is 0 Å². The zero-order valence-corrected chi connectivity index (χ0v) is 32.3. The first-order chi connectivity index (χ1) is 25.5. The Morgan fingerprint density at radius 1 is 0.846 bits per heavy atom. The number of thioether (sulfide) groups is 1. The molecule has 0 bridgehead atoms. The van der Waals surface area contributed by atoms with Crippen molar-refractivity contribution in [3.05, 3.63) is 159 Å². The van der Waals surface area contributed by atoms with E-state index in [1.807, 2.05) is 0 Å². The topological polar surface area (TPSA) is 12.5 Å². The summed E-state index contributed by atoms with van der Waals surface area (Å²) in [6, 6.07) is 7.60. The summed E-state index contributed by atoms with van der Waals surface area (Å²) in [5, 5.41) is 3.88. The number of benzene rings is 1. The second-order valence-electron chi connectivity index (χ2n) is 17.1. The molecule has 0 N–H and O–H groups in total. The largest absolute Gasteiger partial charge is 0.366 e. The van der Waals surface area contributed by atoms with Crippen LogP contribution >= 0.6 is 11.8 Å². The van der Waals surface area contributed by atoms with Gasteiger partial charge in [0.1, 0.15) is 8.07 Å². The molecule has 0 amide bonds. The van der Waals surface area contributed by atoms with Crippen LogP contribution in [0.1, 0.15) is 56.9 Å². The van der Waals surface area contributed by atoms with Gasteiger partial charge in [0, 0.05) is 46.0 Å². The Hall–Kier alpha value is -3.57. The first-order valence-electron chi connectivity index (χ1n) is 20.1. The molecular weight excluding hydrogens is 667 g/mol. The Labute approximate surface area is 315 Å². The zero-order chi connectivity index (χ0) is 34.6. The lowest BCUT2D eigenvalue weighted by Crippen LogP contribution is -2.40. The Morgan fingerprint density at radius 2 is 1.71 bits per heavy atom. The Morgan fingerprint density at radius 3 is 2.62 bits per heavy atom. The van der Waals surface area contributed by atoms with E-state index in [1.165, 1.54) is 61.2 Å². The minimum atomic E-state index is -1.89. The molecule has 11 rings (SSSR count). The molecule has 0 radical (unpaired) electrons. The minimum Gasteiger partial charge on any atom is -0.366 e. The van der Waals surface area contributed by atoms with Crippen molar-refractivity contribution in [1.29, 1.82) is 0 Å². The van der Waals surface area contributed by atoms with Gasteiger partial charge in [-0.05, 0) is 119 Å². The van der Waals surface area contributed by atoms with Crippen LogP contribution in [-0.2, 0) is 4.74 Å². The molecule has 8 unspecified atom stereocenters. The maximum Gasteiger partial charge on any atom is 0.113 e. The van der Waals surface area contributed by atoms with Crippen molar-refractivity contribution in [2.24, 2.45) is 29.6 Å². The predicted molar refractivity (Wildman–Crippen MR) is 222 cm³/mol. The number of hydrogen-bond acceptors (Lipinski definition) is 3. The van der Waals surface area contributed by atoms with Gasteiger partial charge in [0.15, 0.2) is 0 Å². The molecular formula is C48H49NOSSi. The first-order valence-corrected chi connectivity index (χ1v) is 24.0.